The molecule has 0 bridgehead atoms. The van der Waals surface area contributed by atoms with Gasteiger partial charge >= 0.3 is 5.69 Å². The summed E-state index contributed by atoms with van der Waals surface area (Å²) in [5, 5.41) is 17.7. The third-order valence-electron chi connectivity index (χ3n) is 3.48. The molecule has 0 aliphatic rings. The Morgan fingerprint density at radius 1 is 1.43 bits per heavy atom. The van der Waals surface area contributed by atoms with E-state index in [1.165, 1.54) is 24.9 Å². The minimum atomic E-state index is -0.701. The van der Waals surface area contributed by atoms with Gasteiger partial charge in [0.05, 0.1) is 17.7 Å². The number of aryl methyl sites for hydroxylation is 2. The molecule has 0 saturated heterocycles. The van der Waals surface area contributed by atoms with Crippen LogP contribution >= 0.6 is 0 Å². The van der Waals surface area contributed by atoms with Crippen molar-refractivity contribution in [2.75, 3.05) is 12.4 Å². The van der Waals surface area contributed by atoms with Crippen LogP contribution in [0.2, 0.25) is 0 Å². The summed E-state index contributed by atoms with van der Waals surface area (Å²) in [5.74, 6) is 0.199. The van der Waals surface area contributed by atoms with Crippen molar-refractivity contribution in [1.29, 1.82) is 0 Å². The summed E-state index contributed by atoms with van der Waals surface area (Å²) in [7, 11) is 1.52. The molecule has 1 unspecified atom stereocenters. The van der Waals surface area contributed by atoms with Crippen LogP contribution in [0.5, 0.6) is 5.75 Å². The van der Waals surface area contributed by atoms with Gasteiger partial charge < -0.3 is 10.1 Å². The Morgan fingerprint density at radius 2 is 2.13 bits per heavy atom. The van der Waals surface area contributed by atoms with Gasteiger partial charge in [0, 0.05) is 0 Å². The molecule has 0 aliphatic heterocycles. The Labute approximate surface area is 133 Å². The quantitative estimate of drug-likeness (QED) is 0.675. The Bertz CT molecular complexity index is 754. The van der Waals surface area contributed by atoms with Gasteiger partial charge in [-0.15, -0.1) is 0 Å². The summed E-state index contributed by atoms with van der Waals surface area (Å²) < 4.78 is 6.50. The number of hydrogen-bond acceptors (Lipinski definition) is 5. The zero-order valence-electron chi connectivity index (χ0n) is 13.4. The predicted octanol–water partition coefficient (Wildman–Crippen LogP) is 2.62. The fourth-order valence-electron chi connectivity index (χ4n) is 2.13. The number of anilines is 1. The maximum atomic E-state index is 12.4. The van der Waals surface area contributed by atoms with Crippen LogP contribution in [0, 0.1) is 24.0 Å². The second kappa shape index (κ2) is 6.47. The molecule has 8 heteroatoms. The van der Waals surface area contributed by atoms with Crippen molar-refractivity contribution < 1.29 is 14.5 Å². The Morgan fingerprint density at radius 3 is 2.70 bits per heavy atom. The van der Waals surface area contributed by atoms with Crippen LogP contribution in [0.15, 0.2) is 24.4 Å². The number of aromatic nitrogens is 2. The third-order valence-corrected chi connectivity index (χ3v) is 3.48. The summed E-state index contributed by atoms with van der Waals surface area (Å²) in [4.78, 5) is 22.7. The van der Waals surface area contributed by atoms with Gasteiger partial charge in [-0.1, -0.05) is 6.07 Å². The fourth-order valence-corrected chi connectivity index (χ4v) is 2.13. The number of carbonyl (C=O) groups is 1. The summed E-state index contributed by atoms with van der Waals surface area (Å²) in [6, 6.07) is 4.73. The highest BCUT2D eigenvalue weighted by molar-refractivity contribution is 5.94. The number of ether oxygens (including phenoxy) is 1. The molecular formula is C15H18N4O4. The average Bonchev–Trinajstić information content (AvgIpc) is 2.88. The van der Waals surface area contributed by atoms with E-state index in [1.54, 1.807) is 19.1 Å². The maximum absolute atomic E-state index is 12.4. The lowest BCUT2D eigenvalue weighted by Crippen LogP contribution is -2.24. The molecule has 0 saturated carbocycles. The summed E-state index contributed by atoms with van der Waals surface area (Å²) >= 11 is 0. The molecule has 1 amide bonds. The molecule has 0 spiro atoms. The lowest BCUT2D eigenvalue weighted by molar-refractivity contribution is -0.385. The summed E-state index contributed by atoms with van der Waals surface area (Å²) in [6.45, 7) is 5.05. The van der Waals surface area contributed by atoms with Crippen LogP contribution in [0.25, 0.3) is 0 Å². The molecule has 1 aromatic heterocycles. The van der Waals surface area contributed by atoms with E-state index in [9.17, 15) is 14.9 Å². The molecule has 1 aromatic carbocycles. The normalized spacial score (nSPS) is 11.8. The van der Waals surface area contributed by atoms with E-state index in [0.717, 1.165) is 5.56 Å². The summed E-state index contributed by atoms with van der Waals surface area (Å²) in [5.41, 5.74) is 1.67. The number of amides is 1. The molecule has 8 nitrogen and oxygen atoms in total. The number of nitrogens with zero attached hydrogens (tertiary/aromatic N) is 3. The fraction of sp³-hybridized carbons (Fsp3) is 0.333. The van der Waals surface area contributed by atoms with Crippen molar-refractivity contribution in [2.24, 2.45) is 0 Å². The van der Waals surface area contributed by atoms with E-state index in [0.29, 0.717) is 11.4 Å². The first-order valence-electron chi connectivity index (χ1n) is 6.99. The topological polar surface area (TPSA) is 99.3 Å². The first-order chi connectivity index (χ1) is 10.8. The molecule has 23 heavy (non-hydrogen) atoms. The largest absolute Gasteiger partial charge is 0.495 e. The zero-order valence-corrected chi connectivity index (χ0v) is 13.4. The molecule has 0 aliphatic carbocycles. The lowest BCUT2D eigenvalue weighted by Gasteiger charge is -2.15. The highest BCUT2D eigenvalue weighted by Gasteiger charge is 2.22. The first kappa shape index (κ1) is 16.5. The van der Waals surface area contributed by atoms with Crippen molar-refractivity contribution in [3.05, 3.63) is 45.8 Å². The Balaban J connectivity index is 2.22. The maximum Gasteiger partial charge on any atom is 0.309 e. The van der Waals surface area contributed by atoms with Gasteiger partial charge in [0.1, 0.15) is 23.7 Å². The highest BCUT2D eigenvalue weighted by Crippen LogP contribution is 2.26. The second-order valence-corrected chi connectivity index (χ2v) is 5.21. The van der Waals surface area contributed by atoms with Crippen molar-refractivity contribution >= 4 is 17.3 Å². The van der Waals surface area contributed by atoms with Crippen LogP contribution in [0.3, 0.4) is 0 Å². The number of benzene rings is 1. The van der Waals surface area contributed by atoms with Crippen LogP contribution in [-0.4, -0.2) is 27.7 Å². The number of nitrogens with one attached hydrogen (secondary N) is 1. The molecule has 1 atom stereocenters. The monoisotopic (exact) mass is 318 g/mol. The van der Waals surface area contributed by atoms with Gasteiger partial charge in [0.25, 0.3) is 0 Å². The molecule has 1 N–H and O–H groups in total. The first-order valence-corrected chi connectivity index (χ1v) is 6.99. The van der Waals surface area contributed by atoms with Crippen molar-refractivity contribution in [2.45, 2.75) is 26.8 Å². The molecule has 1 heterocycles. The van der Waals surface area contributed by atoms with Gasteiger partial charge in [0.2, 0.25) is 5.91 Å². The molecule has 2 aromatic rings. The van der Waals surface area contributed by atoms with Crippen molar-refractivity contribution in [3.63, 3.8) is 0 Å². The number of rotatable bonds is 5. The number of carbonyl (C=O) groups excluding carboxylic acids is 1. The van der Waals surface area contributed by atoms with Crippen molar-refractivity contribution in [1.82, 2.24) is 9.78 Å². The van der Waals surface area contributed by atoms with Gasteiger partial charge in [-0.3, -0.25) is 19.6 Å². The van der Waals surface area contributed by atoms with E-state index in [4.69, 9.17) is 4.74 Å². The van der Waals surface area contributed by atoms with Crippen LogP contribution in [0.1, 0.15) is 24.2 Å². The minimum Gasteiger partial charge on any atom is -0.495 e. The smallest absolute Gasteiger partial charge is 0.309 e. The van der Waals surface area contributed by atoms with Gasteiger partial charge in [0.15, 0.2) is 0 Å². The lowest BCUT2D eigenvalue weighted by atomic mass is 10.2. The minimum absolute atomic E-state index is 0.113. The highest BCUT2D eigenvalue weighted by atomic mass is 16.6. The second-order valence-electron chi connectivity index (χ2n) is 5.21. The van der Waals surface area contributed by atoms with Crippen LogP contribution < -0.4 is 10.1 Å². The van der Waals surface area contributed by atoms with E-state index in [1.807, 2.05) is 13.0 Å². The molecular weight excluding hydrogens is 300 g/mol. The van der Waals surface area contributed by atoms with Gasteiger partial charge in [-0.05, 0) is 38.5 Å². The number of nitro groups is 1. The molecule has 122 valence electrons. The van der Waals surface area contributed by atoms with Crippen LogP contribution in [0.4, 0.5) is 11.4 Å². The summed E-state index contributed by atoms with van der Waals surface area (Å²) in [6.07, 6.45) is 1.26. The Hall–Kier alpha value is -2.90. The third kappa shape index (κ3) is 3.47. The standard InChI is InChI=1S/C15H18N4O4/c1-9-5-6-14(23-4)12(7-9)16-15(20)11(3)18-8-13(19(21)22)10(2)17-18/h5-8,11H,1-4H3,(H,16,20). The van der Waals surface area contributed by atoms with Crippen LogP contribution in [-0.2, 0) is 4.79 Å². The average molecular weight is 318 g/mol. The van der Waals surface area contributed by atoms with E-state index >= 15 is 0 Å². The number of methoxy groups -OCH3 is 1. The Kier molecular flexibility index (Phi) is 4.63. The van der Waals surface area contributed by atoms with E-state index in [-0.39, 0.29) is 17.3 Å². The van der Waals surface area contributed by atoms with Gasteiger partial charge in [-0.2, -0.15) is 5.10 Å². The molecule has 0 fully saturated rings. The molecule has 0 radical (unpaired) electrons. The molecule has 2 rings (SSSR count). The van der Waals surface area contributed by atoms with Crippen molar-refractivity contribution in [3.8, 4) is 5.75 Å². The predicted molar refractivity (Wildman–Crippen MR) is 84.7 cm³/mol. The zero-order chi connectivity index (χ0) is 17.1. The van der Waals surface area contributed by atoms with Gasteiger partial charge in [-0.25, -0.2) is 0 Å². The number of hydrogen-bond donors (Lipinski definition) is 1. The van der Waals surface area contributed by atoms with E-state index < -0.39 is 11.0 Å². The van der Waals surface area contributed by atoms with E-state index in [2.05, 4.69) is 10.4 Å². The SMILES string of the molecule is COc1ccc(C)cc1NC(=O)C(C)n1cc([N+](=O)[O-])c(C)n1.